The van der Waals surface area contributed by atoms with Gasteiger partial charge in [0.15, 0.2) is 5.82 Å². The lowest BCUT2D eigenvalue weighted by Crippen LogP contribution is -2.52. The Kier molecular flexibility index (Phi) is 8.58. The predicted octanol–water partition coefficient (Wildman–Crippen LogP) is 3.78. The first kappa shape index (κ1) is 26.9. The van der Waals surface area contributed by atoms with E-state index in [9.17, 15) is 9.59 Å². The van der Waals surface area contributed by atoms with Crippen LogP contribution in [0.15, 0.2) is 60.7 Å². The molecule has 0 bridgehead atoms. The minimum absolute atomic E-state index is 0.0136. The van der Waals surface area contributed by atoms with Gasteiger partial charge in [0, 0.05) is 44.9 Å². The summed E-state index contributed by atoms with van der Waals surface area (Å²) < 4.78 is 11.0. The number of carbonyl (C=O) groups is 2. The van der Waals surface area contributed by atoms with E-state index < -0.39 is 0 Å². The number of carbonyl (C=O) groups excluding carboxylic acids is 2. The molecule has 0 spiro atoms. The fourth-order valence-electron chi connectivity index (χ4n) is 4.92. The van der Waals surface area contributed by atoms with Crippen LogP contribution >= 0.6 is 11.6 Å². The van der Waals surface area contributed by atoms with Gasteiger partial charge in [-0.3, -0.25) is 9.59 Å². The molecule has 2 aromatic carbocycles. The van der Waals surface area contributed by atoms with E-state index >= 15 is 0 Å². The van der Waals surface area contributed by atoms with E-state index in [0.29, 0.717) is 49.9 Å². The van der Waals surface area contributed by atoms with E-state index in [1.165, 1.54) is 0 Å². The normalized spacial score (nSPS) is 17.2. The largest absolute Gasteiger partial charge is 0.497 e. The number of rotatable bonds is 8. The lowest BCUT2D eigenvalue weighted by atomic mass is 10.1. The zero-order chi connectivity index (χ0) is 27.2. The topological polar surface area (TPSA) is 88.1 Å². The summed E-state index contributed by atoms with van der Waals surface area (Å²) in [5.74, 6) is 1.22. The van der Waals surface area contributed by atoms with Crippen molar-refractivity contribution < 1.29 is 19.1 Å². The summed E-state index contributed by atoms with van der Waals surface area (Å²) in [7, 11) is 1.64. The lowest BCUT2D eigenvalue weighted by Gasteiger charge is -2.36. The number of benzene rings is 2. The van der Waals surface area contributed by atoms with Crippen molar-refractivity contribution in [2.75, 3.05) is 57.9 Å². The second-order valence-corrected chi connectivity index (χ2v) is 10.1. The third-order valence-electron chi connectivity index (χ3n) is 7.16. The van der Waals surface area contributed by atoms with Crippen LogP contribution in [-0.4, -0.2) is 90.9 Å². The van der Waals surface area contributed by atoms with Crippen molar-refractivity contribution in [3.63, 3.8) is 0 Å². The van der Waals surface area contributed by atoms with Crippen LogP contribution in [-0.2, 0) is 9.53 Å². The van der Waals surface area contributed by atoms with Crippen LogP contribution in [0.1, 0.15) is 23.2 Å². The molecule has 5 rings (SSSR count). The molecule has 0 saturated carbocycles. The molecule has 2 fully saturated rings. The van der Waals surface area contributed by atoms with Crippen LogP contribution in [0.3, 0.4) is 0 Å². The zero-order valence-electron chi connectivity index (χ0n) is 22.0. The standard InChI is InChI=1S/C29H32ClN5O4/c1-38-22-10-8-21(9-11-22)26-12-13-27(32-31-26)33-14-16-34(17-15-33)28(36)20-35(19-23-5-4-18-39-23)29(37)24-6-2-3-7-25(24)30/h2-3,6-13,23H,4-5,14-20H2,1H3. The number of amides is 2. The molecule has 0 N–H and O–H groups in total. The van der Waals surface area contributed by atoms with Gasteiger partial charge < -0.3 is 24.2 Å². The highest BCUT2D eigenvalue weighted by Gasteiger charge is 2.29. The number of halogens is 1. The molecule has 0 aliphatic carbocycles. The van der Waals surface area contributed by atoms with E-state index in [1.807, 2.05) is 36.4 Å². The minimum Gasteiger partial charge on any atom is -0.497 e. The Morgan fingerprint density at radius 1 is 1.03 bits per heavy atom. The van der Waals surface area contributed by atoms with Crippen molar-refractivity contribution in [3.05, 3.63) is 71.2 Å². The Labute approximate surface area is 233 Å². The van der Waals surface area contributed by atoms with Crippen molar-refractivity contribution in [2.24, 2.45) is 0 Å². The fraction of sp³-hybridized carbons (Fsp3) is 0.379. The van der Waals surface area contributed by atoms with Gasteiger partial charge in [-0.05, 0) is 61.4 Å². The molecular formula is C29H32ClN5O4. The first-order valence-electron chi connectivity index (χ1n) is 13.2. The average Bonchev–Trinajstić information content (AvgIpc) is 3.50. The summed E-state index contributed by atoms with van der Waals surface area (Å²) in [5.41, 5.74) is 2.14. The molecule has 204 valence electrons. The van der Waals surface area contributed by atoms with E-state index in [-0.39, 0.29) is 24.5 Å². The van der Waals surface area contributed by atoms with Gasteiger partial charge in [0.1, 0.15) is 12.3 Å². The number of anilines is 1. The number of methoxy groups -OCH3 is 1. The minimum atomic E-state index is -0.254. The average molecular weight is 550 g/mol. The number of hydrogen-bond donors (Lipinski definition) is 0. The number of ether oxygens (including phenoxy) is 2. The smallest absolute Gasteiger partial charge is 0.255 e. The Bertz CT molecular complexity index is 1270. The highest BCUT2D eigenvalue weighted by Crippen LogP contribution is 2.23. The van der Waals surface area contributed by atoms with Crippen molar-refractivity contribution in [1.82, 2.24) is 20.0 Å². The molecule has 9 nitrogen and oxygen atoms in total. The molecule has 0 radical (unpaired) electrons. The molecule has 2 aliphatic rings. The molecular weight excluding hydrogens is 518 g/mol. The van der Waals surface area contributed by atoms with Gasteiger partial charge in [0.2, 0.25) is 5.91 Å². The molecule has 1 aromatic heterocycles. The molecule has 3 aromatic rings. The van der Waals surface area contributed by atoms with Gasteiger partial charge in [-0.15, -0.1) is 10.2 Å². The monoisotopic (exact) mass is 549 g/mol. The van der Waals surface area contributed by atoms with Crippen LogP contribution in [0.5, 0.6) is 5.75 Å². The Balaban J connectivity index is 1.19. The van der Waals surface area contributed by atoms with Gasteiger partial charge >= 0.3 is 0 Å². The number of nitrogens with zero attached hydrogens (tertiary/aromatic N) is 5. The zero-order valence-corrected chi connectivity index (χ0v) is 22.7. The quantitative estimate of drug-likeness (QED) is 0.422. The molecule has 1 atom stereocenters. The maximum atomic E-state index is 13.4. The van der Waals surface area contributed by atoms with Crippen molar-refractivity contribution in [2.45, 2.75) is 18.9 Å². The van der Waals surface area contributed by atoms with Gasteiger partial charge in [-0.25, -0.2) is 0 Å². The first-order chi connectivity index (χ1) is 19.0. The summed E-state index contributed by atoms with van der Waals surface area (Å²) >= 11 is 6.30. The fourth-order valence-corrected chi connectivity index (χ4v) is 5.13. The second-order valence-electron chi connectivity index (χ2n) is 9.67. The Hall–Kier alpha value is -3.69. The van der Waals surface area contributed by atoms with Crippen LogP contribution in [0.2, 0.25) is 5.02 Å². The first-order valence-corrected chi connectivity index (χ1v) is 13.6. The molecule has 2 saturated heterocycles. The summed E-state index contributed by atoms with van der Waals surface area (Å²) in [4.78, 5) is 32.2. The second kappa shape index (κ2) is 12.4. The van der Waals surface area contributed by atoms with E-state index in [4.69, 9.17) is 21.1 Å². The van der Waals surface area contributed by atoms with Crippen LogP contribution in [0.4, 0.5) is 5.82 Å². The van der Waals surface area contributed by atoms with E-state index in [0.717, 1.165) is 35.7 Å². The number of hydrogen-bond acceptors (Lipinski definition) is 7. The molecule has 2 amide bonds. The maximum absolute atomic E-state index is 13.4. The number of aromatic nitrogens is 2. The van der Waals surface area contributed by atoms with Gasteiger partial charge in [0.25, 0.3) is 5.91 Å². The van der Waals surface area contributed by atoms with Crippen molar-refractivity contribution in [1.29, 1.82) is 0 Å². The van der Waals surface area contributed by atoms with Gasteiger partial charge in [-0.1, -0.05) is 23.7 Å². The van der Waals surface area contributed by atoms with Crippen LogP contribution < -0.4 is 9.64 Å². The highest BCUT2D eigenvalue weighted by atomic mass is 35.5. The third kappa shape index (κ3) is 6.49. The molecule has 2 aliphatic heterocycles. The molecule has 3 heterocycles. The SMILES string of the molecule is COc1ccc(-c2ccc(N3CCN(C(=O)CN(CC4CCCO4)C(=O)c4ccccc4Cl)CC3)nn2)cc1. The number of piperazine rings is 1. The van der Waals surface area contributed by atoms with Crippen molar-refractivity contribution in [3.8, 4) is 17.0 Å². The predicted molar refractivity (Wildman–Crippen MR) is 149 cm³/mol. The Morgan fingerprint density at radius 2 is 1.79 bits per heavy atom. The van der Waals surface area contributed by atoms with E-state index in [2.05, 4.69) is 15.1 Å². The molecule has 39 heavy (non-hydrogen) atoms. The maximum Gasteiger partial charge on any atom is 0.255 e. The summed E-state index contributed by atoms with van der Waals surface area (Å²) in [6.07, 6.45) is 1.76. The van der Waals surface area contributed by atoms with Crippen molar-refractivity contribution >= 4 is 29.2 Å². The molecule has 10 heteroatoms. The summed E-state index contributed by atoms with van der Waals surface area (Å²) in [6.45, 7) is 3.37. The van der Waals surface area contributed by atoms with Gasteiger partial charge in [0.05, 0.1) is 29.5 Å². The Morgan fingerprint density at radius 3 is 2.44 bits per heavy atom. The highest BCUT2D eigenvalue weighted by molar-refractivity contribution is 6.33. The third-order valence-corrected chi connectivity index (χ3v) is 7.49. The van der Waals surface area contributed by atoms with Crippen LogP contribution in [0.25, 0.3) is 11.3 Å². The summed E-state index contributed by atoms with van der Waals surface area (Å²) in [5, 5.41) is 9.20. The lowest BCUT2D eigenvalue weighted by molar-refractivity contribution is -0.132. The van der Waals surface area contributed by atoms with E-state index in [1.54, 1.807) is 41.2 Å². The van der Waals surface area contributed by atoms with Gasteiger partial charge in [-0.2, -0.15) is 0 Å². The van der Waals surface area contributed by atoms with Crippen LogP contribution in [0, 0.1) is 0 Å². The summed E-state index contributed by atoms with van der Waals surface area (Å²) in [6, 6.07) is 18.5. The molecule has 1 unspecified atom stereocenters.